The van der Waals surface area contributed by atoms with Gasteiger partial charge in [-0.2, -0.15) is 4.98 Å². The van der Waals surface area contributed by atoms with E-state index >= 15 is 0 Å². The van der Waals surface area contributed by atoms with Gasteiger partial charge < -0.3 is 15.0 Å². The smallest absolute Gasteiger partial charge is 0.232 e. The fourth-order valence-electron chi connectivity index (χ4n) is 2.51. The minimum absolute atomic E-state index is 0.121. The molecule has 1 aliphatic heterocycles. The van der Waals surface area contributed by atoms with Crippen LogP contribution in [0.2, 0.25) is 0 Å². The molecular weight excluding hydrogens is 230 g/mol. The second-order valence-electron chi connectivity index (χ2n) is 6.49. The van der Waals surface area contributed by atoms with Gasteiger partial charge in [-0.05, 0) is 26.7 Å². The maximum absolute atomic E-state index is 6.45. The first kappa shape index (κ1) is 13.5. The molecule has 0 aromatic carbocycles. The van der Waals surface area contributed by atoms with Crippen molar-refractivity contribution in [3.8, 4) is 0 Å². The third-order valence-electron chi connectivity index (χ3n) is 3.28. The molecule has 5 nitrogen and oxygen atoms in total. The summed E-state index contributed by atoms with van der Waals surface area (Å²) in [5, 5.41) is 4.08. The average molecular weight is 253 g/mol. The summed E-state index contributed by atoms with van der Waals surface area (Å²) in [5.74, 6) is 1.24. The van der Waals surface area contributed by atoms with Gasteiger partial charge in [-0.1, -0.05) is 25.9 Å². The van der Waals surface area contributed by atoms with Gasteiger partial charge in [0, 0.05) is 5.41 Å². The summed E-state index contributed by atoms with van der Waals surface area (Å²) in [6.07, 6.45) is 1.69. The van der Waals surface area contributed by atoms with Crippen LogP contribution in [0.25, 0.3) is 0 Å². The van der Waals surface area contributed by atoms with Crippen LogP contribution >= 0.6 is 0 Å². The van der Waals surface area contributed by atoms with Crippen molar-refractivity contribution >= 4 is 0 Å². The third-order valence-corrected chi connectivity index (χ3v) is 3.28. The molecule has 2 rings (SSSR count). The minimum atomic E-state index is -0.538. The highest BCUT2D eigenvalue weighted by Crippen LogP contribution is 2.34. The van der Waals surface area contributed by atoms with E-state index in [1.165, 1.54) is 0 Å². The van der Waals surface area contributed by atoms with E-state index in [9.17, 15) is 0 Å². The lowest BCUT2D eigenvalue weighted by molar-refractivity contribution is -0.0640. The molecule has 0 spiro atoms. The molecule has 1 saturated heterocycles. The predicted octanol–water partition coefficient (Wildman–Crippen LogP) is 2.11. The Morgan fingerprint density at radius 2 is 1.78 bits per heavy atom. The number of rotatable bonds is 1. The van der Waals surface area contributed by atoms with Crippen molar-refractivity contribution in [2.45, 2.75) is 70.6 Å². The lowest BCUT2D eigenvalue weighted by Gasteiger charge is -2.37. The van der Waals surface area contributed by atoms with Crippen LogP contribution in [-0.2, 0) is 15.7 Å². The van der Waals surface area contributed by atoms with Crippen molar-refractivity contribution < 1.29 is 9.26 Å². The van der Waals surface area contributed by atoms with Crippen molar-refractivity contribution in [3.63, 3.8) is 0 Å². The van der Waals surface area contributed by atoms with Gasteiger partial charge in [-0.15, -0.1) is 0 Å². The van der Waals surface area contributed by atoms with Crippen LogP contribution in [0.15, 0.2) is 4.52 Å². The summed E-state index contributed by atoms with van der Waals surface area (Å²) in [6.45, 7) is 10.2. The summed E-state index contributed by atoms with van der Waals surface area (Å²) in [5.41, 5.74) is 5.77. The molecule has 1 aromatic heterocycles. The van der Waals surface area contributed by atoms with E-state index in [2.05, 4.69) is 10.1 Å². The molecule has 2 unspecified atom stereocenters. The first-order chi connectivity index (χ1) is 8.21. The molecule has 0 radical (unpaired) electrons. The standard InChI is InChI=1S/C13H23N3O2/c1-8-6-13(14,7-9(2)17-8)10-15-11(18-16-10)12(3,4)5/h8-9H,6-7,14H2,1-5H3. The number of hydrogen-bond acceptors (Lipinski definition) is 5. The van der Waals surface area contributed by atoms with Gasteiger partial charge in [0.05, 0.1) is 17.7 Å². The fourth-order valence-corrected chi connectivity index (χ4v) is 2.51. The van der Waals surface area contributed by atoms with E-state index in [1.54, 1.807) is 0 Å². The van der Waals surface area contributed by atoms with Crippen LogP contribution in [0.3, 0.4) is 0 Å². The summed E-state index contributed by atoms with van der Waals surface area (Å²) in [4.78, 5) is 4.49. The van der Waals surface area contributed by atoms with E-state index in [0.29, 0.717) is 11.7 Å². The maximum Gasteiger partial charge on any atom is 0.232 e. The highest BCUT2D eigenvalue weighted by Gasteiger charge is 2.41. The molecule has 0 bridgehead atoms. The molecule has 0 aliphatic carbocycles. The maximum atomic E-state index is 6.45. The zero-order valence-electron chi connectivity index (χ0n) is 11.9. The quantitative estimate of drug-likeness (QED) is 0.829. The molecule has 2 atom stereocenters. The minimum Gasteiger partial charge on any atom is -0.375 e. The lowest BCUT2D eigenvalue weighted by Crippen LogP contribution is -2.48. The summed E-state index contributed by atoms with van der Waals surface area (Å²) in [7, 11) is 0. The zero-order chi connectivity index (χ0) is 13.6. The number of aromatic nitrogens is 2. The number of nitrogens with two attached hydrogens (primary N) is 1. The van der Waals surface area contributed by atoms with E-state index in [4.69, 9.17) is 15.0 Å². The van der Waals surface area contributed by atoms with Crippen LogP contribution in [-0.4, -0.2) is 22.3 Å². The summed E-state index contributed by atoms with van der Waals surface area (Å²) < 4.78 is 11.0. The van der Waals surface area contributed by atoms with Gasteiger partial charge in [-0.3, -0.25) is 0 Å². The van der Waals surface area contributed by atoms with E-state index in [1.807, 2.05) is 34.6 Å². The molecule has 1 fully saturated rings. The molecule has 102 valence electrons. The average Bonchev–Trinajstić information content (AvgIpc) is 2.62. The zero-order valence-corrected chi connectivity index (χ0v) is 11.9. The number of hydrogen-bond donors (Lipinski definition) is 1. The van der Waals surface area contributed by atoms with Crippen LogP contribution in [0.1, 0.15) is 59.2 Å². The van der Waals surface area contributed by atoms with Gasteiger partial charge in [0.25, 0.3) is 0 Å². The molecule has 2 heterocycles. The normalized spacial score (nSPS) is 33.7. The molecular formula is C13H23N3O2. The third kappa shape index (κ3) is 2.57. The summed E-state index contributed by atoms with van der Waals surface area (Å²) >= 11 is 0. The largest absolute Gasteiger partial charge is 0.375 e. The molecule has 18 heavy (non-hydrogen) atoms. The first-order valence-electron chi connectivity index (χ1n) is 6.50. The van der Waals surface area contributed by atoms with Crippen LogP contribution < -0.4 is 5.73 Å². The molecule has 0 saturated carbocycles. The molecule has 1 aliphatic rings. The van der Waals surface area contributed by atoms with Crippen LogP contribution in [0.5, 0.6) is 0 Å². The second-order valence-corrected chi connectivity index (χ2v) is 6.49. The number of ether oxygens (including phenoxy) is 1. The summed E-state index contributed by atoms with van der Waals surface area (Å²) in [6, 6.07) is 0. The second kappa shape index (κ2) is 4.31. The van der Waals surface area contributed by atoms with E-state index in [0.717, 1.165) is 12.8 Å². The monoisotopic (exact) mass is 253 g/mol. The van der Waals surface area contributed by atoms with Crippen LogP contribution in [0, 0.1) is 0 Å². The van der Waals surface area contributed by atoms with Crippen molar-refractivity contribution in [3.05, 3.63) is 11.7 Å². The van der Waals surface area contributed by atoms with E-state index in [-0.39, 0.29) is 17.6 Å². The topological polar surface area (TPSA) is 74.2 Å². The van der Waals surface area contributed by atoms with E-state index < -0.39 is 5.54 Å². The molecule has 5 heteroatoms. The highest BCUT2D eigenvalue weighted by atomic mass is 16.5. The Labute approximate surface area is 108 Å². The lowest BCUT2D eigenvalue weighted by atomic mass is 9.84. The Morgan fingerprint density at radius 3 is 2.22 bits per heavy atom. The first-order valence-corrected chi connectivity index (χ1v) is 6.50. The van der Waals surface area contributed by atoms with Gasteiger partial charge in [-0.25, -0.2) is 0 Å². The van der Waals surface area contributed by atoms with Crippen LogP contribution in [0.4, 0.5) is 0 Å². The van der Waals surface area contributed by atoms with Crippen molar-refractivity contribution in [1.29, 1.82) is 0 Å². The molecule has 0 amide bonds. The molecule has 2 N–H and O–H groups in total. The van der Waals surface area contributed by atoms with Crippen molar-refractivity contribution in [2.24, 2.45) is 5.73 Å². The SMILES string of the molecule is CC1CC(N)(c2noc(C(C)(C)C)n2)CC(C)O1. The Kier molecular flexibility index (Phi) is 3.23. The highest BCUT2D eigenvalue weighted by molar-refractivity contribution is 5.09. The Hall–Kier alpha value is -0.940. The Balaban J connectivity index is 2.27. The van der Waals surface area contributed by atoms with Gasteiger partial charge in [0.15, 0.2) is 5.82 Å². The van der Waals surface area contributed by atoms with Crippen molar-refractivity contribution in [2.75, 3.05) is 0 Å². The van der Waals surface area contributed by atoms with Gasteiger partial charge >= 0.3 is 0 Å². The van der Waals surface area contributed by atoms with Gasteiger partial charge in [0.1, 0.15) is 0 Å². The molecule has 1 aromatic rings. The number of nitrogens with zero attached hydrogens (tertiary/aromatic N) is 2. The predicted molar refractivity (Wildman–Crippen MR) is 68.1 cm³/mol. The van der Waals surface area contributed by atoms with Gasteiger partial charge in [0.2, 0.25) is 5.89 Å². The Morgan fingerprint density at radius 1 is 1.22 bits per heavy atom. The fraction of sp³-hybridized carbons (Fsp3) is 0.846. The van der Waals surface area contributed by atoms with Crippen molar-refractivity contribution in [1.82, 2.24) is 10.1 Å². The Bertz CT molecular complexity index is 412.